The molecule has 2 aromatic carbocycles. The summed E-state index contributed by atoms with van der Waals surface area (Å²) in [6.07, 6.45) is 3.03. The van der Waals surface area contributed by atoms with Gasteiger partial charge >= 0.3 is 0 Å². The molecule has 3 rings (SSSR count). The first kappa shape index (κ1) is 24.2. The Bertz CT molecular complexity index is 1030. The Kier molecular flexibility index (Phi) is 8.26. The van der Waals surface area contributed by atoms with Crippen LogP contribution < -0.4 is 15.4 Å². The van der Waals surface area contributed by atoms with E-state index in [1.54, 1.807) is 12.1 Å². The van der Waals surface area contributed by atoms with Crippen molar-refractivity contribution >= 4 is 15.7 Å². The van der Waals surface area contributed by atoms with Gasteiger partial charge in [-0.05, 0) is 81.7 Å². The first-order chi connectivity index (χ1) is 15.4. The van der Waals surface area contributed by atoms with Crippen molar-refractivity contribution in [2.24, 2.45) is 5.73 Å². The predicted molar refractivity (Wildman–Crippen MR) is 128 cm³/mol. The molecule has 1 aliphatic heterocycles. The summed E-state index contributed by atoms with van der Waals surface area (Å²) >= 11 is 0. The third-order valence-corrected chi connectivity index (χ3v) is 7.73. The molecular formula is C24H33N5O2S. The number of likely N-dealkylation sites (tertiary alicyclic amines) is 1. The van der Waals surface area contributed by atoms with Gasteiger partial charge in [0.25, 0.3) is 0 Å². The number of nitrogens with zero attached hydrogens (tertiary/aromatic N) is 3. The smallest absolute Gasteiger partial charge is 0.240 e. The maximum absolute atomic E-state index is 12.1. The lowest BCUT2D eigenvalue weighted by molar-refractivity contribution is 0.154. The summed E-state index contributed by atoms with van der Waals surface area (Å²) in [4.78, 5) is 5.10. The normalized spacial score (nSPS) is 16.4. The number of sulfonamides is 1. The van der Waals surface area contributed by atoms with Gasteiger partial charge in [-0.15, -0.1) is 0 Å². The summed E-state index contributed by atoms with van der Waals surface area (Å²) in [5.74, 6) is 0. The van der Waals surface area contributed by atoms with Crippen LogP contribution in [0.2, 0.25) is 0 Å². The third kappa shape index (κ3) is 5.87. The molecule has 1 unspecified atom stereocenters. The molecule has 0 spiro atoms. The Morgan fingerprint density at radius 2 is 1.91 bits per heavy atom. The van der Waals surface area contributed by atoms with E-state index < -0.39 is 10.0 Å². The van der Waals surface area contributed by atoms with Gasteiger partial charge < -0.3 is 15.5 Å². The first-order valence-corrected chi connectivity index (χ1v) is 12.6. The minimum atomic E-state index is -3.48. The number of rotatable bonds is 9. The highest BCUT2D eigenvalue weighted by atomic mass is 32.2. The second kappa shape index (κ2) is 10.9. The lowest BCUT2D eigenvalue weighted by Gasteiger charge is -2.42. The minimum absolute atomic E-state index is 0.251. The average Bonchev–Trinajstić information content (AvgIpc) is 2.83. The highest BCUT2D eigenvalue weighted by Crippen LogP contribution is 2.28. The van der Waals surface area contributed by atoms with Gasteiger partial charge in [-0.2, -0.15) is 5.26 Å². The SMILES string of the molecule is CNS(=O)(=O)c1ccc(N(Cc2cccc(C#N)c2)C2CCN(C(C)CCN)CC2)cc1. The Hall–Kier alpha value is -2.44. The number of anilines is 1. The lowest BCUT2D eigenvalue weighted by atomic mass is 9.99. The molecule has 1 fully saturated rings. The van der Waals surface area contributed by atoms with E-state index in [1.165, 1.54) is 7.05 Å². The van der Waals surface area contributed by atoms with Crippen LogP contribution in [0.25, 0.3) is 0 Å². The van der Waals surface area contributed by atoms with Crippen LogP contribution in [-0.4, -0.2) is 52.1 Å². The van der Waals surface area contributed by atoms with Gasteiger partial charge in [0.15, 0.2) is 0 Å². The van der Waals surface area contributed by atoms with E-state index in [-0.39, 0.29) is 4.90 Å². The maximum Gasteiger partial charge on any atom is 0.240 e. The summed E-state index contributed by atoms with van der Waals surface area (Å²) in [7, 11) is -2.06. The fourth-order valence-electron chi connectivity index (χ4n) is 4.36. The van der Waals surface area contributed by atoms with Crippen LogP contribution in [0, 0.1) is 11.3 Å². The van der Waals surface area contributed by atoms with Crippen LogP contribution >= 0.6 is 0 Å². The zero-order valence-corrected chi connectivity index (χ0v) is 19.7. The number of hydrogen-bond donors (Lipinski definition) is 2. The number of nitriles is 1. The molecule has 0 aliphatic carbocycles. The van der Waals surface area contributed by atoms with Crippen molar-refractivity contribution in [1.29, 1.82) is 5.26 Å². The first-order valence-electron chi connectivity index (χ1n) is 11.1. The number of nitrogens with two attached hydrogens (primary N) is 1. The van der Waals surface area contributed by atoms with Crippen molar-refractivity contribution in [3.63, 3.8) is 0 Å². The quantitative estimate of drug-likeness (QED) is 0.603. The fourth-order valence-corrected chi connectivity index (χ4v) is 5.09. The molecule has 0 amide bonds. The molecule has 0 radical (unpaired) electrons. The number of hydrogen-bond acceptors (Lipinski definition) is 6. The molecule has 7 nitrogen and oxygen atoms in total. The number of piperidine rings is 1. The van der Waals surface area contributed by atoms with Gasteiger partial charge in [-0.1, -0.05) is 12.1 Å². The predicted octanol–water partition coefficient (Wildman–Crippen LogP) is 2.67. The Balaban J connectivity index is 1.84. The molecule has 3 N–H and O–H groups in total. The van der Waals surface area contributed by atoms with Crippen molar-refractivity contribution in [1.82, 2.24) is 9.62 Å². The van der Waals surface area contributed by atoms with Gasteiger partial charge in [0.1, 0.15) is 0 Å². The molecule has 0 aromatic heterocycles. The molecule has 32 heavy (non-hydrogen) atoms. The third-order valence-electron chi connectivity index (χ3n) is 6.30. The standard InChI is InChI=1S/C24H33N5O2S/c1-19(10-13-25)28-14-11-23(12-15-28)29(18-21-5-3-4-20(16-21)17-26)22-6-8-24(9-7-22)32(30,31)27-2/h3-9,16,19,23,27H,10-15,18,25H2,1-2H3. The van der Waals surface area contributed by atoms with Crippen molar-refractivity contribution in [3.8, 4) is 6.07 Å². The molecule has 1 atom stereocenters. The van der Waals surface area contributed by atoms with Crippen LogP contribution in [0.3, 0.4) is 0 Å². The van der Waals surface area contributed by atoms with E-state index in [1.807, 2.05) is 36.4 Å². The van der Waals surface area contributed by atoms with Gasteiger partial charge in [-0.3, -0.25) is 0 Å². The van der Waals surface area contributed by atoms with Crippen molar-refractivity contribution in [3.05, 3.63) is 59.7 Å². The van der Waals surface area contributed by atoms with Crippen LogP contribution in [-0.2, 0) is 16.6 Å². The molecule has 172 valence electrons. The Morgan fingerprint density at radius 3 is 2.50 bits per heavy atom. The Labute approximate surface area is 191 Å². The summed E-state index contributed by atoms with van der Waals surface area (Å²) in [5, 5.41) is 9.28. The lowest BCUT2D eigenvalue weighted by Crippen LogP contribution is -2.47. The second-order valence-electron chi connectivity index (χ2n) is 8.34. The van der Waals surface area contributed by atoms with E-state index in [0.717, 1.165) is 43.6 Å². The van der Waals surface area contributed by atoms with Crippen molar-refractivity contribution < 1.29 is 8.42 Å². The molecule has 0 bridgehead atoms. The highest BCUT2D eigenvalue weighted by Gasteiger charge is 2.27. The molecule has 1 heterocycles. The van der Waals surface area contributed by atoms with E-state index in [2.05, 4.69) is 27.5 Å². The molecule has 8 heteroatoms. The maximum atomic E-state index is 12.1. The zero-order valence-electron chi connectivity index (χ0n) is 18.9. The van der Waals surface area contributed by atoms with Crippen LogP contribution in [0.1, 0.15) is 37.3 Å². The highest BCUT2D eigenvalue weighted by molar-refractivity contribution is 7.89. The molecule has 2 aromatic rings. The van der Waals surface area contributed by atoms with Crippen LogP contribution in [0.4, 0.5) is 5.69 Å². The second-order valence-corrected chi connectivity index (χ2v) is 10.2. The Morgan fingerprint density at radius 1 is 1.22 bits per heavy atom. The van der Waals surface area contributed by atoms with E-state index in [0.29, 0.717) is 30.7 Å². The minimum Gasteiger partial charge on any atom is -0.364 e. The average molecular weight is 456 g/mol. The molecule has 1 saturated heterocycles. The van der Waals surface area contributed by atoms with Gasteiger partial charge in [0, 0.05) is 37.4 Å². The largest absolute Gasteiger partial charge is 0.364 e. The summed E-state index contributed by atoms with van der Waals surface area (Å²) in [5.41, 5.74) is 8.43. The number of nitrogens with one attached hydrogen (secondary N) is 1. The zero-order chi connectivity index (χ0) is 23.1. The van der Waals surface area contributed by atoms with Crippen molar-refractivity contribution in [2.75, 3.05) is 31.6 Å². The van der Waals surface area contributed by atoms with Gasteiger partial charge in [-0.25, -0.2) is 13.1 Å². The monoisotopic (exact) mass is 455 g/mol. The summed E-state index contributed by atoms with van der Waals surface area (Å²) in [6, 6.07) is 17.7. The van der Waals surface area contributed by atoms with E-state index in [4.69, 9.17) is 5.73 Å². The van der Waals surface area contributed by atoms with Crippen molar-refractivity contribution in [2.45, 2.75) is 49.7 Å². The summed E-state index contributed by atoms with van der Waals surface area (Å²) in [6.45, 7) is 5.61. The van der Waals surface area contributed by atoms with Gasteiger partial charge in [0.2, 0.25) is 10.0 Å². The van der Waals surface area contributed by atoms with E-state index in [9.17, 15) is 13.7 Å². The fraction of sp³-hybridized carbons (Fsp3) is 0.458. The molecular weight excluding hydrogens is 422 g/mol. The van der Waals surface area contributed by atoms with Crippen LogP contribution in [0.5, 0.6) is 0 Å². The van der Waals surface area contributed by atoms with Crippen LogP contribution in [0.15, 0.2) is 53.4 Å². The molecule has 0 saturated carbocycles. The molecule has 1 aliphatic rings. The summed E-state index contributed by atoms with van der Waals surface area (Å²) < 4.78 is 26.6. The number of benzene rings is 2. The van der Waals surface area contributed by atoms with Gasteiger partial charge in [0.05, 0.1) is 16.5 Å². The topological polar surface area (TPSA) is 102 Å². The van der Waals surface area contributed by atoms with E-state index >= 15 is 0 Å².